The van der Waals surface area contributed by atoms with Gasteiger partial charge in [0.15, 0.2) is 5.82 Å². The average molecular weight is 352 g/mol. The molecule has 0 radical (unpaired) electrons. The molecule has 0 fully saturated rings. The first-order valence-corrected chi connectivity index (χ1v) is 8.10. The van der Waals surface area contributed by atoms with E-state index in [1.807, 2.05) is 36.4 Å². The van der Waals surface area contributed by atoms with Crippen molar-refractivity contribution in [2.45, 2.75) is 0 Å². The van der Waals surface area contributed by atoms with E-state index < -0.39 is 0 Å². The fraction of sp³-hybridized carbons (Fsp3) is 0. The second-order valence-corrected chi connectivity index (χ2v) is 5.61. The van der Waals surface area contributed by atoms with Crippen molar-refractivity contribution in [3.05, 3.63) is 89.2 Å². The highest BCUT2D eigenvalue weighted by Gasteiger charge is 2.14. The van der Waals surface area contributed by atoms with E-state index in [9.17, 15) is 4.79 Å². The van der Waals surface area contributed by atoms with Crippen LogP contribution in [-0.2, 0) is 0 Å². The van der Waals surface area contributed by atoms with Gasteiger partial charge in [0.25, 0.3) is 5.56 Å². The molecule has 0 aliphatic heterocycles. The Labute approximate surface area is 154 Å². The third kappa shape index (κ3) is 3.19. The maximum absolute atomic E-state index is 13.1. The van der Waals surface area contributed by atoms with E-state index >= 15 is 0 Å². The fourth-order valence-electron chi connectivity index (χ4n) is 2.61. The summed E-state index contributed by atoms with van der Waals surface area (Å²) in [6.07, 6.45) is 4.67. The van der Waals surface area contributed by atoms with Crippen LogP contribution in [0.5, 0.6) is 0 Å². The number of hydrogen-bond donors (Lipinski definition) is 0. The van der Waals surface area contributed by atoms with E-state index in [1.54, 1.807) is 30.6 Å². The Balaban J connectivity index is 1.97. The molecular formula is C20H12N6O. The van der Waals surface area contributed by atoms with E-state index in [-0.39, 0.29) is 11.3 Å². The predicted octanol–water partition coefficient (Wildman–Crippen LogP) is 2.62. The Kier molecular flexibility index (Phi) is 4.21. The van der Waals surface area contributed by atoms with Crippen LogP contribution in [0.25, 0.3) is 28.3 Å². The number of rotatable bonds is 3. The number of hydrogen-bond acceptors (Lipinski definition) is 6. The van der Waals surface area contributed by atoms with E-state index in [2.05, 4.69) is 20.1 Å². The highest BCUT2D eigenvalue weighted by molar-refractivity contribution is 5.67. The van der Waals surface area contributed by atoms with Crippen molar-refractivity contribution < 1.29 is 0 Å². The third-order valence-electron chi connectivity index (χ3n) is 3.90. The molecule has 3 heterocycles. The Morgan fingerprint density at radius 3 is 2.37 bits per heavy atom. The molecule has 7 heteroatoms. The lowest BCUT2D eigenvalue weighted by Gasteiger charge is -2.10. The number of benzene rings is 1. The van der Waals surface area contributed by atoms with Crippen LogP contribution in [0.15, 0.2) is 78.0 Å². The molecular weight excluding hydrogens is 340 g/mol. The molecule has 7 nitrogen and oxygen atoms in total. The smallest absolute Gasteiger partial charge is 0.267 e. The van der Waals surface area contributed by atoms with Gasteiger partial charge in [-0.05, 0) is 29.8 Å². The average Bonchev–Trinajstić information content (AvgIpc) is 2.75. The minimum absolute atomic E-state index is 0.262. The van der Waals surface area contributed by atoms with Gasteiger partial charge >= 0.3 is 0 Å². The Morgan fingerprint density at radius 1 is 0.926 bits per heavy atom. The molecule has 27 heavy (non-hydrogen) atoms. The first kappa shape index (κ1) is 16.3. The highest BCUT2D eigenvalue weighted by Crippen LogP contribution is 2.20. The molecule has 0 amide bonds. The third-order valence-corrected chi connectivity index (χ3v) is 3.90. The Morgan fingerprint density at radius 2 is 1.70 bits per heavy atom. The lowest BCUT2D eigenvalue weighted by atomic mass is 10.1. The summed E-state index contributed by atoms with van der Waals surface area (Å²) in [7, 11) is 0. The van der Waals surface area contributed by atoms with Gasteiger partial charge in [-0.2, -0.15) is 15.0 Å². The van der Waals surface area contributed by atoms with Crippen LogP contribution in [0.3, 0.4) is 0 Å². The van der Waals surface area contributed by atoms with Gasteiger partial charge in [0, 0.05) is 12.4 Å². The molecule has 4 rings (SSSR count). The number of nitriles is 1. The number of pyridine rings is 1. The van der Waals surface area contributed by atoms with Crippen LogP contribution >= 0.6 is 0 Å². The van der Waals surface area contributed by atoms with Gasteiger partial charge in [-0.1, -0.05) is 30.3 Å². The molecule has 0 atom stereocenters. The van der Waals surface area contributed by atoms with E-state index in [0.717, 1.165) is 5.56 Å². The summed E-state index contributed by atoms with van der Waals surface area (Å²) in [4.78, 5) is 25.6. The van der Waals surface area contributed by atoms with E-state index in [1.165, 1.54) is 16.9 Å². The summed E-state index contributed by atoms with van der Waals surface area (Å²) in [5.41, 5.74) is 2.10. The summed E-state index contributed by atoms with van der Waals surface area (Å²) >= 11 is 0. The summed E-state index contributed by atoms with van der Waals surface area (Å²) < 4.78 is 1.25. The van der Waals surface area contributed by atoms with Crippen molar-refractivity contribution in [2.75, 3.05) is 0 Å². The van der Waals surface area contributed by atoms with Gasteiger partial charge in [0.05, 0.1) is 17.4 Å². The van der Waals surface area contributed by atoms with Crippen LogP contribution < -0.4 is 5.56 Å². The maximum Gasteiger partial charge on any atom is 0.279 e. The lowest BCUT2D eigenvalue weighted by molar-refractivity contribution is 0.805. The van der Waals surface area contributed by atoms with Crippen LogP contribution in [-0.4, -0.2) is 24.7 Å². The molecule has 0 aliphatic rings. The Hall–Kier alpha value is -4.18. The van der Waals surface area contributed by atoms with Gasteiger partial charge in [0.1, 0.15) is 17.5 Å². The second kappa shape index (κ2) is 6.98. The quantitative estimate of drug-likeness (QED) is 0.562. The first-order chi connectivity index (χ1) is 13.3. The zero-order valence-electron chi connectivity index (χ0n) is 14.0. The molecule has 0 N–H and O–H groups in total. The monoisotopic (exact) mass is 352 g/mol. The van der Waals surface area contributed by atoms with Crippen molar-refractivity contribution in [1.82, 2.24) is 24.7 Å². The maximum atomic E-state index is 13.1. The lowest BCUT2D eigenvalue weighted by Crippen LogP contribution is -2.23. The van der Waals surface area contributed by atoms with E-state index in [4.69, 9.17) is 5.26 Å². The normalized spacial score (nSPS) is 10.3. The highest BCUT2D eigenvalue weighted by atomic mass is 16.1. The summed E-state index contributed by atoms with van der Waals surface area (Å²) in [6, 6.07) is 17.8. The molecule has 0 saturated carbocycles. The minimum Gasteiger partial charge on any atom is -0.267 e. The molecule has 0 spiro atoms. The van der Waals surface area contributed by atoms with Gasteiger partial charge in [0.2, 0.25) is 0 Å². The molecule has 0 saturated heterocycles. The van der Waals surface area contributed by atoms with Crippen molar-refractivity contribution in [2.24, 2.45) is 0 Å². The largest absolute Gasteiger partial charge is 0.279 e. The summed E-state index contributed by atoms with van der Waals surface area (Å²) in [6.45, 7) is 0. The molecule has 0 bridgehead atoms. The fourth-order valence-corrected chi connectivity index (χ4v) is 2.61. The first-order valence-electron chi connectivity index (χ1n) is 8.10. The molecule has 0 aliphatic carbocycles. The number of aromatic nitrogens is 5. The van der Waals surface area contributed by atoms with Gasteiger partial charge in [-0.3, -0.25) is 4.79 Å². The molecule has 4 aromatic rings. The topological polar surface area (TPSA) is 97.4 Å². The standard InChI is InChI=1S/C20H12N6O/c21-12-15-7-8-16(13-24-15)26-20(27)17(14-5-2-1-3-6-14)11-18(25-26)19-22-9-4-10-23-19/h1-11,13H. The SMILES string of the molecule is N#Cc1ccc(-n2nc(-c3ncccn3)cc(-c3ccccc3)c2=O)cn1. The van der Waals surface area contributed by atoms with Crippen molar-refractivity contribution in [1.29, 1.82) is 5.26 Å². The second-order valence-electron chi connectivity index (χ2n) is 5.61. The Bertz CT molecular complexity index is 1180. The zero-order valence-corrected chi connectivity index (χ0v) is 14.0. The van der Waals surface area contributed by atoms with E-state index in [0.29, 0.717) is 22.8 Å². The van der Waals surface area contributed by atoms with Gasteiger partial charge in [-0.15, -0.1) is 0 Å². The van der Waals surface area contributed by atoms with Gasteiger partial charge < -0.3 is 0 Å². The minimum atomic E-state index is -0.299. The molecule has 3 aromatic heterocycles. The van der Waals surface area contributed by atoms with Crippen molar-refractivity contribution in [3.63, 3.8) is 0 Å². The molecule has 0 unspecified atom stereocenters. The van der Waals surface area contributed by atoms with Gasteiger partial charge in [-0.25, -0.2) is 15.0 Å². The summed E-state index contributed by atoms with van der Waals surface area (Å²) in [5, 5.41) is 13.3. The van der Waals surface area contributed by atoms with Crippen molar-refractivity contribution >= 4 is 0 Å². The molecule has 1 aromatic carbocycles. The zero-order chi connectivity index (χ0) is 18.6. The van der Waals surface area contributed by atoms with Crippen LogP contribution in [0.1, 0.15) is 5.69 Å². The predicted molar refractivity (Wildman–Crippen MR) is 98.8 cm³/mol. The van der Waals surface area contributed by atoms with Crippen LogP contribution in [0.4, 0.5) is 0 Å². The summed E-state index contributed by atoms with van der Waals surface area (Å²) in [5.74, 6) is 0.407. The van der Waals surface area contributed by atoms with Crippen molar-refractivity contribution in [3.8, 4) is 34.4 Å². The van der Waals surface area contributed by atoms with Crippen LogP contribution in [0, 0.1) is 11.3 Å². The number of nitrogens with zero attached hydrogens (tertiary/aromatic N) is 6. The molecule has 128 valence electrons. The van der Waals surface area contributed by atoms with Crippen LogP contribution in [0.2, 0.25) is 0 Å².